The van der Waals surface area contributed by atoms with Crippen LogP contribution in [0.3, 0.4) is 0 Å². The van der Waals surface area contributed by atoms with Crippen molar-refractivity contribution in [1.82, 2.24) is 10.2 Å². The smallest absolute Gasteiger partial charge is 0.253 e. The van der Waals surface area contributed by atoms with Crippen molar-refractivity contribution < 1.29 is 9.59 Å². The molecule has 0 saturated heterocycles. The highest BCUT2D eigenvalue weighted by atomic mass is 35.5. The fourth-order valence-corrected chi connectivity index (χ4v) is 3.15. The van der Waals surface area contributed by atoms with Gasteiger partial charge in [-0.1, -0.05) is 29.8 Å². The predicted octanol–water partition coefficient (Wildman–Crippen LogP) is 4.27. The van der Waals surface area contributed by atoms with Crippen LogP contribution in [0.5, 0.6) is 0 Å². The molecule has 0 fully saturated rings. The van der Waals surface area contributed by atoms with Crippen molar-refractivity contribution in [1.29, 1.82) is 0 Å². The van der Waals surface area contributed by atoms with Gasteiger partial charge in [0, 0.05) is 35.8 Å². The van der Waals surface area contributed by atoms with Gasteiger partial charge in [0.05, 0.1) is 0 Å². The molecule has 0 aromatic heterocycles. The lowest BCUT2D eigenvalue weighted by Gasteiger charge is -2.18. The number of benzene rings is 2. The molecule has 2 rings (SSSR count). The van der Waals surface area contributed by atoms with Crippen molar-refractivity contribution in [3.63, 3.8) is 0 Å². The lowest BCUT2D eigenvalue weighted by atomic mass is 10.1. The Bertz CT molecular complexity index is 836. The number of thiocarbonyl (C=S) groups is 1. The van der Waals surface area contributed by atoms with Gasteiger partial charge in [0.15, 0.2) is 5.11 Å². The first-order chi connectivity index (χ1) is 13.4. The first-order valence-corrected chi connectivity index (χ1v) is 9.96. The van der Waals surface area contributed by atoms with Crippen molar-refractivity contribution in [2.75, 3.05) is 18.4 Å². The van der Waals surface area contributed by atoms with Crippen LogP contribution in [-0.2, 0) is 11.2 Å². The molecule has 148 valence electrons. The topological polar surface area (TPSA) is 61.4 Å². The Kier molecular flexibility index (Phi) is 8.42. The molecule has 5 nitrogen and oxygen atoms in total. The zero-order valence-electron chi connectivity index (χ0n) is 16.0. The Balaban J connectivity index is 1.84. The van der Waals surface area contributed by atoms with Gasteiger partial charge in [-0.05, 0) is 68.4 Å². The number of nitrogens with one attached hydrogen (secondary N) is 2. The van der Waals surface area contributed by atoms with E-state index in [1.54, 1.807) is 35.2 Å². The summed E-state index contributed by atoms with van der Waals surface area (Å²) in [5.74, 6) is -0.197. The highest BCUT2D eigenvalue weighted by Crippen LogP contribution is 2.16. The Hall–Kier alpha value is -2.44. The minimum absolute atomic E-state index is 0.00741. The second-order valence-corrected chi connectivity index (χ2v) is 6.96. The second kappa shape index (κ2) is 10.8. The summed E-state index contributed by atoms with van der Waals surface area (Å²) in [4.78, 5) is 26.1. The molecule has 0 saturated carbocycles. The van der Waals surface area contributed by atoms with E-state index in [1.807, 2.05) is 32.0 Å². The number of hydrogen-bond donors (Lipinski definition) is 2. The summed E-state index contributed by atoms with van der Waals surface area (Å²) in [6, 6.07) is 14.4. The molecular weight excluding hydrogens is 394 g/mol. The monoisotopic (exact) mass is 417 g/mol. The Morgan fingerprint density at radius 2 is 1.68 bits per heavy atom. The first-order valence-electron chi connectivity index (χ1n) is 9.18. The number of anilines is 1. The van der Waals surface area contributed by atoms with Crippen LogP contribution >= 0.6 is 23.8 Å². The van der Waals surface area contributed by atoms with E-state index in [4.69, 9.17) is 23.8 Å². The number of carbonyl (C=O) groups excluding carboxylic acids is 2. The largest absolute Gasteiger partial charge is 0.339 e. The van der Waals surface area contributed by atoms with Gasteiger partial charge in [-0.2, -0.15) is 0 Å². The average Bonchev–Trinajstić information content (AvgIpc) is 2.68. The van der Waals surface area contributed by atoms with E-state index in [0.717, 1.165) is 5.56 Å². The van der Waals surface area contributed by atoms with Gasteiger partial charge >= 0.3 is 0 Å². The molecule has 0 heterocycles. The van der Waals surface area contributed by atoms with Crippen LogP contribution < -0.4 is 10.6 Å². The van der Waals surface area contributed by atoms with E-state index < -0.39 is 0 Å². The molecule has 0 unspecified atom stereocenters. The third-order valence-electron chi connectivity index (χ3n) is 4.27. The number of carbonyl (C=O) groups is 2. The van der Waals surface area contributed by atoms with Crippen LogP contribution in [0.25, 0.3) is 0 Å². The van der Waals surface area contributed by atoms with Crippen molar-refractivity contribution in [3.8, 4) is 0 Å². The van der Waals surface area contributed by atoms with Crippen molar-refractivity contribution >= 4 is 46.4 Å². The van der Waals surface area contributed by atoms with E-state index in [0.29, 0.717) is 35.8 Å². The molecule has 2 amide bonds. The van der Waals surface area contributed by atoms with Gasteiger partial charge in [0.2, 0.25) is 5.91 Å². The van der Waals surface area contributed by atoms with Crippen molar-refractivity contribution in [2.24, 2.45) is 0 Å². The Morgan fingerprint density at radius 3 is 2.29 bits per heavy atom. The summed E-state index contributed by atoms with van der Waals surface area (Å²) in [7, 11) is 0. The minimum Gasteiger partial charge on any atom is -0.339 e. The molecule has 0 aliphatic heterocycles. The second-order valence-electron chi connectivity index (χ2n) is 6.15. The lowest BCUT2D eigenvalue weighted by molar-refractivity contribution is -0.119. The summed E-state index contributed by atoms with van der Waals surface area (Å²) in [6.07, 6.45) is 0.819. The van der Waals surface area contributed by atoms with Gasteiger partial charge in [0.25, 0.3) is 5.91 Å². The standard InChI is InChI=1S/C21H24ClN3O2S/c1-3-25(4-2)20(27)16-9-12-17(13-10-16)23-21(28)24-19(26)14-11-15-7-5-6-8-18(15)22/h5-10,12-13H,3-4,11,14H2,1-2H3,(H2,23,24,26,28). The summed E-state index contributed by atoms with van der Waals surface area (Å²) in [5.41, 5.74) is 2.24. The Labute approximate surface area is 176 Å². The van der Waals surface area contributed by atoms with E-state index in [-0.39, 0.29) is 23.3 Å². The fraction of sp³-hybridized carbons (Fsp3) is 0.286. The maximum absolute atomic E-state index is 12.3. The molecule has 0 radical (unpaired) electrons. The van der Waals surface area contributed by atoms with Gasteiger partial charge in [-0.15, -0.1) is 0 Å². The minimum atomic E-state index is -0.189. The first kappa shape index (κ1) is 21.9. The maximum atomic E-state index is 12.3. The number of rotatable bonds is 7. The van der Waals surface area contributed by atoms with E-state index in [2.05, 4.69) is 10.6 Å². The number of amides is 2. The highest BCUT2D eigenvalue weighted by Gasteiger charge is 2.12. The fourth-order valence-electron chi connectivity index (χ4n) is 2.69. The third-order valence-corrected chi connectivity index (χ3v) is 4.85. The summed E-state index contributed by atoms with van der Waals surface area (Å²) in [5, 5.41) is 6.47. The quantitative estimate of drug-likeness (QED) is 0.660. The predicted molar refractivity (Wildman–Crippen MR) is 118 cm³/mol. The van der Waals surface area contributed by atoms with Crippen LogP contribution in [-0.4, -0.2) is 34.9 Å². The summed E-state index contributed by atoms with van der Waals surface area (Å²) in [6.45, 7) is 5.23. The van der Waals surface area contributed by atoms with Crippen LogP contribution in [0.2, 0.25) is 5.02 Å². The zero-order chi connectivity index (χ0) is 20.5. The maximum Gasteiger partial charge on any atom is 0.253 e. The van der Waals surface area contributed by atoms with Gasteiger partial charge in [-0.3, -0.25) is 9.59 Å². The molecule has 0 bridgehead atoms. The number of hydrogen-bond acceptors (Lipinski definition) is 3. The van der Waals surface area contributed by atoms with Gasteiger partial charge in [0.1, 0.15) is 0 Å². The molecule has 2 N–H and O–H groups in total. The molecular formula is C21H24ClN3O2S. The van der Waals surface area contributed by atoms with Crippen LogP contribution in [0.1, 0.15) is 36.2 Å². The molecule has 0 aliphatic rings. The molecule has 2 aromatic rings. The molecule has 0 atom stereocenters. The number of nitrogens with zero attached hydrogens (tertiary/aromatic N) is 1. The van der Waals surface area contributed by atoms with Crippen LogP contribution in [0, 0.1) is 0 Å². The number of aryl methyl sites for hydroxylation is 1. The van der Waals surface area contributed by atoms with Gasteiger partial charge in [-0.25, -0.2) is 0 Å². The summed E-state index contributed by atoms with van der Waals surface area (Å²) < 4.78 is 0. The van der Waals surface area contributed by atoms with Crippen molar-refractivity contribution in [3.05, 3.63) is 64.7 Å². The van der Waals surface area contributed by atoms with E-state index >= 15 is 0 Å². The molecule has 0 spiro atoms. The highest BCUT2D eigenvalue weighted by molar-refractivity contribution is 7.80. The normalized spacial score (nSPS) is 10.2. The van der Waals surface area contributed by atoms with Gasteiger partial charge < -0.3 is 15.5 Å². The number of halogens is 1. The average molecular weight is 418 g/mol. The van der Waals surface area contributed by atoms with E-state index in [1.165, 1.54) is 0 Å². The zero-order valence-corrected chi connectivity index (χ0v) is 17.6. The van der Waals surface area contributed by atoms with Crippen LogP contribution in [0.15, 0.2) is 48.5 Å². The SMILES string of the molecule is CCN(CC)C(=O)c1ccc(NC(=S)NC(=O)CCc2ccccc2Cl)cc1. The van der Waals surface area contributed by atoms with Crippen molar-refractivity contribution in [2.45, 2.75) is 26.7 Å². The molecule has 2 aromatic carbocycles. The molecule has 0 aliphatic carbocycles. The third kappa shape index (κ3) is 6.32. The molecule has 28 heavy (non-hydrogen) atoms. The van der Waals surface area contributed by atoms with E-state index in [9.17, 15) is 9.59 Å². The molecule has 7 heteroatoms. The summed E-state index contributed by atoms with van der Waals surface area (Å²) >= 11 is 11.3. The Morgan fingerprint density at radius 1 is 1.04 bits per heavy atom. The lowest BCUT2D eigenvalue weighted by Crippen LogP contribution is -2.34. The van der Waals surface area contributed by atoms with Crippen LogP contribution in [0.4, 0.5) is 5.69 Å².